The van der Waals surface area contributed by atoms with Crippen molar-refractivity contribution >= 4 is 22.1 Å². The lowest BCUT2D eigenvalue weighted by Crippen LogP contribution is -2.22. The number of alkyl halides is 2. The molecule has 172 valence electrons. The van der Waals surface area contributed by atoms with Crippen molar-refractivity contribution in [3.8, 4) is 22.7 Å². The molecule has 0 saturated heterocycles. The Balaban J connectivity index is 1.77. The van der Waals surface area contributed by atoms with E-state index in [2.05, 4.69) is 23.6 Å². The second-order valence-corrected chi connectivity index (χ2v) is 8.44. The highest BCUT2D eigenvalue weighted by Crippen LogP contribution is 2.27. The van der Waals surface area contributed by atoms with E-state index in [0.29, 0.717) is 28.0 Å². The largest absolute Gasteiger partial charge is 0.435 e. The van der Waals surface area contributed by atoms with Crippen LogP contribution in [0.4, 0.5) is 8.78 Å². The Kier molecular flexibility index (Phi) is 5.36. The van der Waals surface area contributed by atoms with Gasteiger partial charge in [0.25, 0.3) is 5.56 Å². The second-order valence-electron chi connectivity index (χ2n) is 8.44. The maximum absolute atomic E-state index is 13.8. The minimum Gasteiger partial charge on any atom is -0.435 e. The maximum Gasteiger partial charge on any atom is 0.387 e. The molecule has 34 heavy (non-hydrogen) atoms. The van der Waals surface area contributed by atoms with Crippen LogP contribution in [0.2, 0.25) is 0 Å². The Morgan fingerprint density at radius 2 is 1.65 bits per heavy atom. The quantitative estimate of drug-likeness (QED) is 0.339. The third-order valence-electron chi connectivity index (χ3n) is 5.86. The molecule has 0 aliphatic carbocycles. The third-order valence-corrected chi connectivity index (χ3v) is 5.86. The highest BCUT2D eigenvalue weighted by Gasteiger charge is 2.17. The first kappa shape index (κ1) is 21.8. The van der Waals surface area contributed by atoms with Gasteiger partial charge < -0.3 is 9.30 Å². The average Bonchev–Trinajstić information content (AvgIpc) is 3.18. The Morgan fingerprint density at radius 3 is 2.35 bits per heavy atom. The monoisotopic (exact) mass is 460 g/mol. The van der Waals surface area contributed by atoms with Crippen LogP contribution < -0.4 is 10.3 Å². The summed E-state index contributed by atoms with van der Waals surface area (Å²) in [4.78, 5) is 22.9. The highest BCUT2D eigenvalue weighted by atomic mass is 19.3. The SMILES string of the molecule is CC(C)c1ccc2nc(-c3ccc4ncn(C)c4c3)c(=O)n(-c3ccc(OC(F)F)cc3)c2c1. The number of ether oxygens (including phenoxy) is 1. The molecule has 0 spiro atoms. The van der Waals surface area contributed by atoms with Gasteiger partial charge in [0.1, 0.15) is 11.4 Å². The fourth-order valence-corrected chi connectivity index (χ4v) is 4.05. The number of aromatic nitrogens is 4. The molecule has 0 atom stereocenters. The van der Waals surface area contributed by atoms with Crippen molar-refractivity contribution in [2.24, 2.45) is 7.05 Å². The molecule has 5 aromatic rings. The topological polar surface area (TPSA) is 61.9 Å². The summed E-state index contributed by atoms with van der Waals surface area (Å²) in [6, 6.07) is 17.5. The van der Waals surface area contributed by atoms with E-state index in [0.717, 1.165) is 16.6 Å². The number of halogens is 2. The molecular formula is C26H22F2N4O2. The van der Waals surface area contributed by atoms with Gasteiger partial charge >= 0.3 is 6.61 Å². The van der Waals surface area contributed by atoms with E-state index in [9.17, 15) is 13.6 Å². The predicted molar refractivity (Wildman–Crippen MR) is 128 cm³/mol. The standard InChI is InChI=1S/C26H22F2N4O2/c1-15(2)16-4-11-21-23(12-16)32(18-6-8-19(9-7-18)34-26(27)28)25(33)24(30-21)17-5-10-20-22(13-17)31(3)14-29-20/h4-15,26H,1-3H3. The lowest BCUT2D eigenvalue weighted by Gasteiger charge is -2.15. The first-order chi connectivity index (χ1) is 16.3. The summed E-state index contributed by atoms with van der Waals surface area (Å²) < 4.78 is 33.1. The number of hydrogen-bond donors (Lipinski definition) is 0. The zero-order valence-corrected chi connectivity index (χ0v) is 18.9. The highest BCUT2D eigenvalue weighted by molar-refractivity contribution is 5.84. The molecule has 8 heteroatoms. The number of benzene rings is 3. The summed E-state index contributed by atoms with van der Waals surface area (Å²) in [5, 5.41) is 0. The van der Waals surface area contributed by atoms with Crippen molar-refractivity contribution in [1.29, 1.82) is 0 Å². The summed E-state index contributed by atoms with van der Waals surface area (Å²) in [6.45, 7) is 1.23. The minimum atomic E-state index is -2.92. The number of nitrogens with zero attached hydrogens (tertiary/aromatic N) is 4. The van der Waals surface area contributed by atoms with E-state index in [1.54, 1.807) is 23.0 Å². The van der Waals surface area contributed by atoms with Crippen LogP contribution in [-0.2, 0) is 7.05 Å². The first-order valence-electron chi connectivity index (χ1n) is 10.9. The molecule has 0 bridgehead atoms. The van der Waals surface area contributed by atoms with E-state index < -0.39 is 6.61 Å². The third kappa shape index (κ3) is 3.81. The Hall–Kier alpha value is -4.07. The number of rotatable bonds is 5. The fourth-order valence-electron chi connectivity index (χ4n) is 4.05. The lowest BCUT2D eigenvalue weighted by molar-refractivity contribution is -0.0498. The number of fused-ring (bicyclic) bond motifs is 2. The van der Waals surface area contributed by atoms with Gasteiger partial charge in [-0.1, -0.05) is 26.0 Å². The predicted octanol–water partition coefficient (Wildman–Crippen LogP) is 5.66. The van der Waals surface area contributed by atoms with Gasteiger partial charge in [0, 0.05) is 18.3 Å². The first-order valence-corrected chi connectivity index (χ1v) is 10.9. The van der Waals surface area contributed by atoms with Crippen LogP contribution in [0, 0.1) is 0 Å². The van der Waals surface area contributed by atoms with Crippen LogP contribution in [0.15, 0.2) is 71.8 Å². The number of imidazole rings is 1. The average molecular weight is 460 g/mol. The van der Waals surface area contributed by atoms with Crippen molar-refractivity contribution < 1.29 is 13.5 Å². The normalized spacial score (nSPS) is 11.7. The Morgan fingerprint density at radius 1 is 0.912 bits per heavy atom. The van der Waals surface area contributed by atoms with Crippen LogP contribution in [-0.4, -0.2) is 25.7 Å². The zero-order chi connectivity index (χ0) is 24.0. The van der Waals surface area contributed by atoms with Crippen LogP contribution >= 0.6 is 0 Å². The molecule has 2 aromatic heterocycles. The van der Waals surface area contributed by atoms with Crippen LogP contribution in [0.25, 0.3) is 39.0 Å². The molecule has 2 heterocycles. The van der Waals surface area contributed by atoms with Gasteiger partial charge in [0.15, 0.2) is 0 Å². The summed E-state index contributed by atoms with van der Waals surface area (Å²) >= 11 is 0. The van der Waals surface area contributed by atoms with E-state index in [4.69, 9.17) is 4.98 Å². The molecule has 0 fully saturated rings. The summed E-state index contributed by atoms with van der Waals surface area (Å²) in [5.74, 6) is 0.275. The van der Waals surface area contributed by atoms with Gasteiger partial charge in [-0.3, -0.25) is 9.36 Å². The van der Waals surface area contributed by atoms with Gasteiger partial charge in [-0.25, -0.2) is 9.97 Å². The molecule has 0 radical (unpaired) electrons. The molecule has 5 rings (SSSR count). The molecule has 0 N–H and O–H groups in total. The molecule has 0 saturated carbocycles. The fraction of sp³-hybridized carbons (Fsp3) is 0.192. The van der Waals surface area contributed by atoms with Crippen LogP contribution in [0.5, 0.6) is 5.75 Å². The molecule has 0 unspecified atom stereocenters. The van der Waals surface area contributed by atoms with Crippen molar-refractivity contribution in [1.82, 2.24) is 19.1 Å². The second kappa shape index (κ2) is 8.37. The molecule has 0 amide bonds. The summed E-state index contributed by atoms with van der Waals surface area (Å²) in [6.07, 6.45) is 1.72. The van der Waals surface area contributed by atoms with Crippen molar-refractivity contribution in [3.05, 3.63) is 82.9 Å². The van der Waals surface area contributed by atoms with Gasteiger partial charge in [-0.2, -0.15) is 8.78 Å². The van der Waals surface area contributed by atoms with Gasteiger partial charge in [0.05, 0.1) is 28.4 Å². The van der Waals surface area contributed by atoms with E-state index in [1.807, 2.05) is 48.0 Å². The van der Waals surface area contributed by atoms with Crippen molar-refractivity contribution in [2.45, 2.75) is 26.4 Å². The van der Waals surface area contributed by atoms with Crippen molar-refractivity contribution in [3.63, 3.8) is 0 Å². The van der Waals surface area contributed by atoms with Gasteiger partial charge in [-0.15, -0.1) is 0 Å². The van der Waals surface area contributed by atoms with E-state index in [-0.39, 0.29) is 17.2 Å². The Bertz CT molecular complexity index is 1570. The molecule has 0 aliphatic rings. The lowest BCUT2D eigenvalue weighted by atomic mass is 10.0. The van der Waals surface area contributed by atoms with Crippen molar-refractivity contribution in [2.75, 3.05) is 0 Å². The maximum atomic E-state index is 13.8. The van der Waals surface area contributed by atoms with Gasteiger partial charge in [-0.05, 0) is 60.0 Å². The zero-order valence-electron chi connectivity index (χ0n) is 18.9. The number of hydrogen-bond acceptors (Lipinski definition) is 4. The van der Waals surface area contributed by atoms with E-state index >= 15 is 0 Å². The van der Waals surface area contributed by atoms with E-state index in [1.165, 1.54) is 12.1 Å². The number of aryl methyl sites for hydroxylation is 1. The molecule has 3 aromatic carbocycles. The Labute approximate surface area is 194 Å². The molecular weight excluding hydrogens is 438 g/mol. The summed E-state index contributed by atoms with van der Waals surface area (Å²) in [7, 11) is 1.89. The van der Waals surface area contributed by atoms with Gasteiger partial charge in [0.2, 0.25) is 0 Å². The van der Waals surface area contributed by atoms with Crippen LogP contribution in [0.3, 0.4) is 0 Å². The smallest absolute Gasteiger partial charge is 0.387 e. The van der Waals surface area contributed by atoms with Crippen LogP contribution in [0.1, 0.15) is 25.3 Å². The molecule has 0 aliphatic heterocycles. The minimum absolute atomic E-state index is 0.0231. The summed E-state index contributed by atoms with van der Waals surface area (Å²) in [5.41, 5.74) is 5.24. The molecule has 6 nitrogen and oxygen atoms in total.